The lowest BCUT2D eigenvalue weighted by molar-refractivity contribution is 0.167. The molecule has 1 N–H and O–H groups in total. The molecule has 1 aliphatic heterocycles. The molecule has 4 rings (SSSR count). The van der Waals surface area contributed by atoms with Gasteiger partial charge >= 0.3 is 0 Å². The van der Waals surface area contributed by atoms with Crippen LogP contribution in [0.5, 0.6) is 0 Å². The molecule has 2 aromatic carbocycles. The quantitative estimate of drug-likeness (QED) is 0.921. The molecule has 2 aliphatic rings. The largest absolute Gasteiger partial charge is 0.392 e. The number of likely N-dealkylation sites (tertiary alicyclic amines) is 1. The first-order chi connectivity index (χ1) is 11.7. The lowest BCUT2D eigenvalue weighted by Crippen LogP contribution is -2.38. The minimum Gasteiger partial charge on any atom is -0.392 e. The molecule has 2 heteroatoms. The average Bonchev–Trinajstić information content (AvgIpc) is 2.94. The predicted molar refractivity (Wildman–Crippen MR) is 98.3 cm³/mol. The fourth-order valence-electron chi connectivity index (χ4n) is 4.84. The van der Waals surface area contributed by atoms with Gasteiger partial charge in [-0.1, -0.05) is 55.0 Å². The monoisotopic (exact) mass is 321 g/mol. The van der Waals surface area contributed by atoms with Crippen LogP contribution in [0.2, 0.25) is 0 Å². The number of nitrogens with zero attached hydrogens (tertiary/aromatic N) is 1. The second kappa shape index (κ2) is 6.34. The molecule has 0 unspecified atom stereocenters. The molecular formula is C22H27NO. The van der Waals surface area contributed by atoms with Gasteiger partial charge in [-0.2, -0.15) is 0 Å². The van der Waals surface area contributed by atoms with Crippen molar-refractivity contribution in [1.82, 2.24) is 4.90 Å². The summed E-state index contributed by atoms with van der Waals surface area (Å²) >= 11 is 0. The van der Waals surface area contributed by atoms with Crippen LogP contribution in [0, 0.1) is 12.8 Å². The van der Waals surface area contributed by atoms with Gasteiger partial charge in [-0.15, -0.1) is 0 Å². The van der Waals surface area contributed by atoms with Gasteiger partial charge in [-0.05, 0) is 54.6 Å². The summed E-state index contributed by atoms with van der Waals surface area (Å²) in [4.78, 5) is 2.60. The number of likely N-dealkylation sites (N-methyl/N-ethyl adjacent to an activating group) is 1. The molecule has 1 heterocycles. The Hall–Kier alpha value is -1.64. The van der Waals surface area contributed by atoms with Crippen molar-refractivity contribution in [1.29, 1.82) is 0 Å². The number of hydrogen-bond acceptors (Lipinski definition) is 2. The first-order valence-corrected chi connectivity index (χ1v) is 9.23. The predicted octanol–water partition coefficient (Wildman–Crippen LogP) is 4.06. The van der Waals surface area contributed by atoms with E-state index in [-0.39, 0.29) is 6.61 Å². The lowest BCUT2D eigenvalue weighted by atomic mass is 9.78. The third kappa shape index (κ3) is 2.58. The average molecular weight is 321 g/mol. The standard InChI is InChI=1S/C22H27NO/c1-3-23-11-10-19-21(13-23)18-9-4-15(2)12-20(18)22(19)17-7-5-16(14-24)6-8-17/h4-9,12,19,21-22,24H,3,10-11,13-14H2,1-2H3/t19-,21-,22+/m0/s1. The van der Waals surface area contributed by atoms with E-state index in [1.807, 2.05) is 0 Å². The van der Waals surface area contributed by atoms with Gasteiger partial charge in [0, 0.05) is 18.4 Å². The van der Waals surface area contributed by atoms with E-state index in [0.29, 0.717) is 17.8 Å². The number of aryl methyl sites for hydroxylation is 1. The van der Waals surface area contributed by atoms with Gasteiger partial charge in [0.25, 0.3) is 0 Å². The molecule has 1 aliphatic carbocycles. The van der Waals surface area contributed by atoms with Crippen LogP contribution in [0.25, 0.3) is 0 Å². The molecule has 0 aromatic heterocycles. The SMILES string of the molecule is CCN1CC[C@@H]2[C@@H](c3ccc(CO)cc3)c3cc(C)ccc3[C@@H]2C1. The highest BCUT2D eigenvalue weighted by Crippen LogP contribution is 2.53. The van der Waals surface area contributed by atoms with Crippen LogP contribution >= 0.6 is 0 Å². The van der Waals surface area contributed by atoms with E-state index >= 15 is 0 Å². The zero-order chi connectivity index (χ0) is 16.7. The Morgan fingerprint density at radius 1 is 1.08 bits per heavy atom. The zero-order valence-corrected chi connectivity index (χ0v) is 14.7. The van der Waals surface area contributed by atoms with E-state index < -0.39 is 0 Å². The Morgan fingerprint density at radius 3 is 2.58 bits per heavy atom. The molecule has 0 radical (unpaired) electrons. The Labute approximate surface area is 145 Å². The lowest BCUT2D eigenvalue weighted by Gasteiger charge is -2.37. The fourth-order valence-corrected chi connectivity index (χ4v) is 4.84. The maximum absolute atomic E-state index is 9.33. The summed E-state index contributed by atoms with van der Waals surface area (Å²) < 4.78 is 0. The molecule has 2 aromatic rings. The first-order valence-electron chi connectivity index (χ1n) is 9.23. The van der Waals surface area contributed by atoms with Crippen molar-refractivity contribution in [3.8, 4) is 0 Å². The summed E-state index contributed by atoms with van der Waals surface area (Å²) in [5.74, 6) is 1.89. The highest BCUT2D eigenvalue weighted by molar-refractivity contribution is 5.48. The van der Waals surface area contributed by atoms with Crippen molar-refractivity contribution in [2.75, 3.05) is 19.6 Å². The second-order valence-corrected chi connectivity index (χ2v) is 7.46. The fraction of sp³-hybridized carbons (Fsp3) is 0.455. The van der Waals surface area contributed by atoms with Crippen LogP contribution in [0.4, 0.5) is 0 Å². The molecule has 126 valence electrons. The van der Waals surface area contributed by atoms with Crippen LogP contribution < -0.4 is 0 Å². The van der Waals surface area contributed by atoms with Crippen LogP contribution in [0.1, 0.15) is 53.0 Å². The Morgan fingerprint density at radius 2 is 1.88 bits per heavy atom. The maximum Gasteiger partial charge on any atom is 0.0681 e. The van der Waals surface area contributed by atoms with Crippen LogP contribution in [0.15, 0.2) is 42.5 Å². The minimum atomic E-state index is 0.123. The van der Waals surface area contributed by atoms with E-state index in [9.17, 15) is 5.11 Å². The third-order valence-corrected chi connectivity index (χ3v) is 6.12. The summed E-state index contributed by atoms with van der Waals surface area (Å²) in [6.45, 7) is 8.17. The van der Waals surface area contributed by atoms with E-state index in [1.54, 1.807) is 11.1 Å². The molecule has 0 bridgehead atoms. The number of fused-ring (bicyclic) bond motifs is 3. The molecule has 3 atom stereocenters. The van der Waals surface area contributed by atoms with Crippen molar-refractivity contribution in [3.05, 3.63) is 70.3 Å². The summed E-state index contributed by atoms with van der Waals surface area (Å²) in [5, 5.41) is 9.33. The summed E-state index contributed by atoms with van der Waals surface area (Å²) in [5.41, 5.74) is 6.88. The number of piperidine rings is 1. The Kier molecular flexibility index (Phi) is 4.19. The van der Waals surface area contributed by atoms with Crippen molar-refractivity contribution in [2.24, 2.45) is 5.92 Å². The number of hydrogen-bond donors (Lipinski definition) is 1. The van der Waals surface area contributed by atoms with Gasteiger partial charge in [0.2, 0.25) is 0 Å². The van der Waals surface area contributed by atoms with Crippen LogP contribution in [-0.2, 0) is 6.61 Å². The van der Waals surface area contributed by atoms with Gasteiger partial charge < -0.3 is 10.0 Å². The highest BCUT2D eigenvalue weighted by Gasteiger charge is 2.43. The molecular weight excluding hydrogens is 294 g/mol. The Bertz CT molecular complexity index is 721. The van der Waals surface area contributed by atoms with E-state index in [0.717, 1.165) is 12.1 Å². The minimum absolute atomic E-state index is 0.123. The van der Waals surface area contributed by atoms with Crippen molar-refractivity contribution in [2.45, 2.75) is 38.7 Å². The summed E-state index contributed by atoms with van der Waals surface area (Å²) in [7, 11) is 0. The number of rotatable bonds is 3. The molecule has 2 nitrogen and oxygen atoms in total. The van der Waals surface area contributed by atoms with Gasteiger partial charge in [0.15, 0.2) is 0 Å². The number of aliphatic hydroxyl groups excluding tert-OH is 1. The van der Waals surface area contributed by atoms with Crippen molar-refractivity contribution < 1.29 is 5.11 Å². The normalized spacial score (nSPS) is 26.2. The molecule has 0 amide bonds. The van der Waals surface area contributed by atoms with Crippen LogP contribution in [-0.4, -0.2) is 29.6 Å². The summed E-state index contributed by atoms with van der Waals surface area (Å²) in [6, 6.07) is 15.7. The van der Waals surface area contributed by atoms with E-state index in [2.05, 4.69) is 61.2 Å². The van der Waals surface area contributed by atoms with E-state index in [4.69, 9.17) is 0 Å². The van der Waals surface area contributed by atoms with Crippen LogP contribution in [0.3, 0.4) is 0 Å². The topological polar surface area (TPSA) is 23.5 Å². The zero-order valence-electron chi connectivity index (χ0n) is 14.7. The molecule has 24 heavy (non-hydrogen) atoms. The molecule has 0 spiro atoms. The Balaban J connectivity index is 1.77. The van der Waals surface area contributed by atoms with Gasteiger partial charge in [0.05, 0.1) is 6.61 Å². The molecule has 1 fully saturated rings. The number of aliphatic hydroxyl groups is 1. The maximum atomic E-state index is 9.33. The third-order valence-electron chi connectivity index (χ3n) is 6.12. The second-order valence-electron chi connectivity index (χ2n) is 7.46. The first kappa shape index (κ1) is 15.9. The van der Waals surface area contributed by atoms with Crippen molar-refractivity contribution in [3.63, 3.8) is 0 Å². The van der Waals surface area contributed by atoms with Crippen molar-refractivity contribution >= 4 is 0 Å². The highest BCUT2D eigenvalue weighted by atomic mass is 16.3. The molecule has 1 saturated heterocycles. The van der Waals surface area contributed by atoms with E-state index in [1.165, 1.54) is 30.6 Å². The van der Waals surface area contributed by atoms with Gasteiger partial charge in [-0.3, -0.25) is 0 Å². The number of benzene rings is 2. The summed E-state index contributed by atoms with van der Waals surface area (Å²) in [6.07, 6.45) is 1.28. The van der Waals surface area contributed by atoms with Gasteiger partial charge in [0.1, 0.15) is 0 Å². The smallest absolute Gasteiger partial charge is 0.0681 e. The molecule has 0 saturated carbocycles. The van der Waals surface area contributed by atoms with Gasteiger partial charge in [-0.25, -0.2) is 0 Å².